The highest BCUT2D eigenvalue weighted by Gasteiger charge is 2.34. The molecule has 3 heteroatoms. The molecule has 4 unspecified atom stereocenters. The molecule has 2 rings (SSSR count). The molecule has 0 bridgehead atoms. The third-order valence-electron chi connectivity index (χ3n) is 2.94. The molecule has 0 amide bonds. The second kappa shape index (κ2) is 4.50. The van der Waals surface area contributed by atoms with Crippen LogP contribution < -0.4 is 0 Å². The van der Waals surface area contributed by atoms with E-state index in [0.29, 0.717) is 0 Å². The number of rotatable bonds is 1. The van der Waals surface area contributed by atoms with Gasteiger partial charge in [-0.05, 0) is 19.3 Å². The van der Waals surface area contributed by atoms with Crippen LogP contribution in [0.3, 0.4) is 0 Å². The lowest BCUT2D eigenvalue weighted by Crippen LogP contribution is -2.23. The maximum absolute atomic E-state index is 5.87. The van der Waals surface area contributed by atoms with Crippen molar-refractivity contribution in [3.63, 3.8) is 0 Å². The highest BCUT2D eigenvalue weighted by molar-refractivity contribution is 6.12. The Hall–Kier alpha value is -0.275. The number of fused-ring (bicyclic) bond motifs is 1. The van der Waals surface area contributed by atoms with Crippen LogP contribution in [0.5, 0.6) is 0 Å². The highest BCUT2D eigenvalue weighted by atomic mass is 16.7. The van der Waals surface area contributed by atoms with Crippen molar-refractivity contribution in [3.8, 4) is 0 Å². The van der Waals surface area contributed by atoms with Gasteiger partial charge in [0.05, 0.1) is 20.1 Å². The first kappa shape index (κ1) is 10.2. The van der Waals surface area contributed by atoms with Crippen LogP contribution in [0.25, 0.3) is 0 Å². The van der Waals surface area contributed by atoms with E-state index in [-0.39, 0.29) is 24.3 Å². The van der Waals surface area contributed by atoms with Gasteiger partial charge in [0, 0.05) is 0 Å². The topological polar surface area (TPSA) is 18.5 Å². The fourth-order valence-electron chi connectivity index (χ4n) is 2.09. The molecule has 1 saturated heterocycles. The minimum atomic E-state index is 0.00715. The van der Waals surface area contributed by atoms with Crippen LogP contribution >= 0.6 is 0 Å². The van der Waals surface area contributed by atoms with E-state index in [0.717, 1.165) is 25.7 Å². The van der Waals surface area contributed by atoms with Crippen LogP contribution in [0.1, 0.15) is 32.6 Å². The van der Waals surface area contributed by atoms with Crippen LogP contribution in [0, 0.1) is 0 Å². The lowest BCUT2D eigenvalue weighted by atomic mass is 9.80. The lowest BCUT2D eigenvalue weighted by molar-refractivity contribution is -0.0673. The predicted molar refractivity (Wildman–Crippen MR) is 56.3 cm³/mol. The Morgan fingerprint density at radius 3 is 2.86 bits per heavy atom. The Kier molecular flexibility index (Phi) is 3.29. The van der Waals surface area contributed by atoms with Gasteiger partial charge in [-0.1, -0.05) is 31.3 Å². The lowest BCUT2D eigenvalue weighted by Gasteiger charge is -2.19. The standard InChI is InChI=1S/C11H17BO2/c1-2-11-13-9-5-3-4-8(12)6-7-10(9)14-11/h3-4,8-11H,2,5-7H2,1H3/b4-3+. The van der Waals surface area contributed by atoms with Crippen molar-refractivity contribution in [1.82, 2.24) is 0 Å². The van der Waals surface area contributed by atoms with Gasteiger partial charge in [0.25, 0.3) is 0 Å². The zero-order valence-electron chi connectivity index (χ0n) is 8.69. The summed E-state index contributed by atoms with van der Waals surface area (Å²) >= 11 is 0. The summed E-state index contributed by atoms with van der Waals surface area (Å²) in [6.45, 7) is 2.09. The molecular weight excluding hydrogens is 175 g/mol. The van der Waals surface area contributed by atoms with Gasteiger partial charge in [0.2, 0.25) is 0 Å². The van der Waals surface area contributed by atoms with E-state index in [1.165, 1.54) is 0 Å². The first-order valence-corrected chi connectivity index (χ1v) is 5.52. The van der Waals surface area contributed by atoms with E-state index in [2.05, 4.69) is 19.1 Å². The monoisotopic (exact) mass is 192 g/mol. The summed E-state index contributed by atoms with van der Waals surface area (Å²) in [6.07, 6.45) is 8.62. The molecule has 76 valence electrons. The Morgan fingerprint density at radius 1 is 1.29 bits per heavy atom. The SMILES string of the molecule is [B]C1/C=C/CC2OC(CC)OC2CC1. The van der Waals surface area contributed by atoms with Gasteiger partial charge in [-0.15, -0.1) is 0 Å². The number of hydrogen-bond acceptors (Lipinski definition) is 2. The van der Waals surface area contributed by atoms with Gasteiger partial charge < -0.3 is 9.47 Å². The summed E-state index contributed by atoms with van der Waals surface area (Å²) in [6, 6.07) is 0. The molecule has 1 aliphatic carbocycles. The molecule has 0 spiro atoms. The van der Waals surface area contributed by atoms with Gasteiger partial charge in [0.15, 0.2) is 6.29 Å². The summed E-state index contributed by atoms with van der Waals surface area (Å²) < 4.78 is 11.6. The van der Waals surface area contributed by atoms with Crippen LogP contribution in [-0.2, 0) is 9.47 Å². The molecule has 0 aromatic heterocycles. The van der Waals surface area contributed by atoms with Crippen molar-refractivity contribution in [2.45, 2.75) is 56.9 Å². The first-order valence-electron chi connectivity index (χ1n) is 5.52. The molecule has 2 nitrogen and oxygen atoms in total. The van der Waals surface area contributed by atoms with Gasteiger partial charge in [-0.2, -0.15) is 0 Å². The minimum Gasteiger partial charge on any atom is -0.347 e. The predicted octanol–water partition coefficient (Wildman–Crippen LogP) is 2.20. The number of hydrogen-bond donors (Lipinski definition) is 0. The van der Waals surface area contributed by atoms with E-state index in [1.807, 2.05) is 0 Å². The summed E-state index contributed by atoms with van der Waals surface area (Å²) in [5, 5.41) is 0. The quantitative estimate of drug-likeness (QED) is 0.468. The van der Waals surface area contributed by atoms with Crippen molar-refractivity contribution >= 4 is 7.85 Å². The first-order chi connectivity index (χ1) is 6.79. The van der Waals surface area contributed by atoms with Crippen LogP contribution in [0.4, 0.5) is 0 Å². The van der Waals surface area contributed by atoms with Crippen molar-refractivity contribution in [2.75, 3.05) is 0 Å². The summed E-state index contributed by atoms with van der Waals surface area (Å²) in [5.74, 6) is 0.195. The molecule has 1 aliphatic heterocycles. The van der Waals surface area contributed by atoms with E-state index >= 15 is 0 Å². The largest absolute Gasteiger partial charge is 0.347 e. The van der Waals surface area contributed by atoms with E-state index in [1.54, 1.807) is 0 Å². The molecule has 2 aliphatic rings. The van der Waals surface area contributed by atoms with Crippen LogP contribution in [-0.4, -0.2) is 26.3 Å². The van der Waals surface area contributed by atoms with Crippen molar-refractivity contribution in [3.05, 3.63) is 12.2 Å². The maximum Gasteiger partial charge on any atom is 0.158 e. The third-order valence-corrected chi connectivity index (χ3v) is 2.94. The van der Waals surface area contributed by atoms with E-state index in [4.69, 9.17) is 17.3 Å². The fourth-order valence-corrected chi connectivity index (χ4v) is 2.09. The molecule has 0 aromatic carbocycles. The minimum absolute atomic E-state index is 0.00715. The fraction of sp³-hybridized carbons (Fsp3) is 0.818. The molecule has 0 N–H and O–H groups in total. The Bertz CT molecular complexity index is 217. The zero-order valence-corrected chi connectivity index (χ0v) is 8.69. The number of allylic oxidation sites excluding steroid dienone is 1. The Morgan fingerprint density at radius 2 is 2.07 bits per heavy atom. The average Bonchev–Trinajstić information content (AvgIpc) is 2.54. The molecule has 4 atom stereocenters. The molecule has 0 saturated carbocycles. The summed E-state index contributed by atoms with van der Waals surface area (Å²) in [5.41, 5.74) is 0. The Balaban J connectivity index is 1.98. The molecular formula is C11H17BO2. The molecule has 1 heterocycles. The van der Waals surface area contributed by atoms with E-state index < -0.39 is 0 Å². The summed E-state index contributed by atoms with van der Waals surface area (Å²) in [4.78, 5) is 0. The van der Waals surface area contributed by atoms with Gasteiger partial charge in [0.1, 0.15) is 0 Å². The average molecular weight is 192 g/mol. The number of ether oxygens (including phenoxy) is 2. The maximum atomic E-state index is 5.87. The van der Waals surface area contributed by atoms with Crippen LogP contribution in [0.2, 0.25) is 5.82 Å². The smallest absolute Gasteiger partial charge is 0.158 e. The second-order valence-corrected chi connectivity index (χ2v) is 4.09. The van der Waals surface area contributed by atoms with Gasteiger partial charge in [-0.3, -0.25) is 0 Å². The van der Waals surface area contributed by atoms with Gasteiger partial charge >= 0.3 is 0 Å². The van der Waals surface area contributed by atoms with Crippen molar-refractivity contribution < 1.29 is 9.47 Å². The zero-order chi connectivity index (χ0) is 9.97. The molecule has 0 aromatic rings. The molecule has 14 heavy (non-hydrogen) atoms. The highest BCUT2D eigenvalue weighted by Crippen LogP contribution is 2.30. The Labute approximate surface area is 87.1 Å². The van der Waals surface area contributed by atoms with Crippen molar-refractivity contribution in [1.29, 1.82) is 0 Å². The molecule has 1 fully saturated rings. The van der Waals surface area contributed by atoms with Crippen molar-refractivity contribution in [2.24, 2.45) is 0 Å². The van der Waals surface area contributed by atoms with Crippen LogP contribution in [0.15, 0.2) is 12.2 Å². The molecule has 2 radical (unpaired) electrons. The normalized spacial score (nSPS) is 45.2. The van der Waals surface area contributed by atoms with Gasteiger partial charge in [-0.25, -0.2) is 0 Å². The second-order valence-electron chi connectivity index (χ2n) is 4.09. The van der Waals surface area contributed by atoms with E-state index in [9.17, 15) is 0 Å². The summed E-state index contributed by atoms with van der Waals surface area (Å²) in [7, 11) is 5.87. The third kappa shape index (κ3) is 2.21.